The third-order valence-electron chi connectivity index (χ3n) is 6.81. The number of fused-ring (bicyclic) bond motifs is 2. The average Bonchev–Trinajstić information content (AvgIpc) is 2.92. The molecule has 3 heteroatoms. The van der Waals surface area contributed by atoms with E-state index in [1.165, 1.54) is 25.7 Å². The van der Waals surface area contributed by atoms with Crippen LogP contribution in [-0.4, -0.2) is 46.9 Å². The van der Waals surface area contributed by atoms with Gasteiger partial charge in [0.05, 0.1) is 5.54 Å². The molecule has 0 unspecified atom stereocenters. The first-order chi connectivity index (χ1) is 11.6. The lowest BCUT2D eigenvalue weighted by atomic mass is 9.73. The van der Waals surface area contributed by atoms with Gasteiger partial charge in [0.15, 0.2) is 0 Å². The predicted octanol–water partition coefficient (Wildman–Crippen LogP) is 4.00. The first-order valence-corrected chi connectivity index (χ1v) is 9.70. The van der Waals surface area contributed by atoms with Gasteiger partial charge in [-0.1, -0.05) is 24.3 Å². The normalized spacial score (nSPS) is 20.6. The highest BCUT2D eigenvalue weighted by Crippen LogP contribution is 2.47. The van der Waals surface area contributed by atoms with E-state index in [1.807, 2.05) is 11.9 Å². The number of hydrogen-bond acceptors (Lipinski definition) is 2. The van der Waals surface area contributed by atoms with Crippen molar-refractivity contribution < 1.29 is 4.79 Å². The second-order valence-electron chi connectivity index (χ2n) is 9.52. The zero-order valence-electron chi connectivity index (χ0n) is 16.9. The minimum absolute atomic E-state index is 0.143. The third kappa shape index (κ3) is 3.12. The van der Waals surface area contributed by atoms with Crippen molar-refractivity contribution in [2.75, 3.05) is 20.1 Å². The van der Waals surface area contributed by atoms with Crippen LogP contribution in [0.25, 0.3) is 0 Å². The van der Waals surface area contributed by atoms with Gasteiger partial charge in [-0.2, -0.15) is 0 Å². The van der Waals surface area contributed by atoms with Gasteiger partial charge in [0, 0.05) is 25.7 Å². The van der Waals surface area contributed by atoms with Gasteiger partial charge in [-0.05, 0) is 76.8 Å². The molecule has 1 amide bonds. The molecule has 0 bridgehead atoms. The molecule has 0 atom stereocenters. The van der Waals surface area contributed by atoms with Crippen molar-refractivity contribution in [2.45, 2.75) is 76.8 Å². The molecule has 0 saturated carbocycles. The van der Waals surface area contributed by atoms with E-state index < -0.39 is 5.54 Å². The van der Waals surface area contributed by atoms with Crippen LogP contribution in [0.4, 0.5) is 0 Å². The minimum atomic E-state index is -0.443. The van der Waals surface area contributed by atoms with Gasteiger partial charge in [0.1, 0.15) is 0 Å². The van der Waals surface area contributed by atoms with E-state index in [0.29, 0.717) is 5.41 Å². The topological polar surface area (TPSA) is 23.6 Å². The number of amides is 1. The maximum absolute atomic E-state index is 13.1. The molecule has 3 nitrogen and oxygen atoms in total. The zero-order valence-corrected chi connectivity index (χ0v) is 16.9. The fraction of sp³-hybridized carbons (Fsp3) is 0.682. The Hall–Kier alpha value is -1.35. The van der Waals surface area contributed by atoms with Gasteiger partial charge >= 0.3 is 0 Å². The molecule has 1 aromatic rings. The van der Waals surface area contributed by atoms with E-state index in [-0.39, 0.29) is 11.4 Å². The second-order valence-corrected chi connectivity index (χ2v) is 9.52. The number of carbonyl (C=O) groups is 1. The highest BCUT2D eigenvalue weighted by atomic mass is 16.2. The van der Waals surface area contributed by atoms with Gasteiger partial charge < -0.3 is 4.90 Å². The number of benzene rings is 1. The molecule has 3 rings (SSSR count). The summed E-state index contributed by atoms with van der Waals surface area (Å²) in [6, 6.07) is 8.98. The van der Waals surface area contributed by atoms with E-state index in [4.69, 9.17) is 0 Å². The molecule has 1 fully saturated rings. The summed E-state index contributed by atoms with van der Waals surface area (Å²) in [6.07, 6.45) is 4.82. The third-order valence-corrected chi connectivity index (χ3v) is 6.81. The summed E-state index contributed by atoms with van der Waals surface area (Å²) < 4.78 is 0. The lowest BCUT2D eigenvalue weighted by molar-refractivity contribution is -0.147. The van der Waals surface area contributed by atoms with Gasteiger partial charge in [-0.15, -0.1) is 0 Å². The lowest BCUT2D eigenvalue weighted by Crippen LogP contribution is -2.61. The summed E-state index contributed by atoms with van der Waals surface area (Å²) in [6.45, 7) is 12.5. The van der Waals surface area contributed by atoms with E-state index in [2.05, 4.69) is 63.8 Å². The molecule has 0 N–H and O–H groups in total. The van der Waals surface area contributed by atoms with Crippen LogP contribution >= 0.6 is 0 Å². The molecule has 1 heterocycles. The number of aryl methyl sites for hydroxylation is 1. The largest absolute Gasteiger partial charge is 0.339 e. The summed E-state index contributed by atoms with van der Waals surface area (Å²) in [7, 11) is 1.93. The Morgan fingerprint density at radius 3 is 2.24 bits per heavy atom. The van der Waals surface area contributed by atoms with E-state index >= 15 is 0 Å². The maximum Gasteiger partial charge on any atom is 0.242 e. The van der Waals surface area contributed by atoms with Crippen LogP contribution < -0.4 is 0 Å². The Labute approximate surface area is 153 Å². The molecule has 1 aliphatic carbocycles. The summed E-state index contributed by atoms with van der Waals surface area (Å²) in [4.78, 5) is 17.4. The van der Waals surface area contributed by atoms with Gasteiger partial charge in [0.25, 0.3) is 0 Å². The fourth-order valence-corrected chi connectivity index (χ4v) is 4.63. The Kier molecular flexibility index (Phi) is 4.51. The average molecular weight is 343 g/mol. The van der Waals surface area contributed by atoms with Crippen molar-refractivity contribution in [3.63, 3.8) is 0 Å². The Bertz CT molecular complexity index is 648. The van der Waals surface area contributed by atoms with E-state index in [0.717, 1.165) is 13.1 Å². The van der Waals surface area contributed by atoms with Crippen molar-refractivity contribution in [3.05, 3.63) is 35.4 Å². The first kappa shape index (κ1) is 18.4. The van der Waals surface area contributed by atoms with Crippen LogP contribution in [0.15, 0.2) is 24.3 Å². The van der Waals surface area contributed by atoms with Crippen molar-refractivity contribution in [1.29, 1.82) is 0 Å². The number of piperidine rings is 1. The Morgan fingerprint density at radius 2 is 1.64 bits per heavy atom. The second kappa shape index (κ2) is 6.12. The number of likely N-dealkylation sites (tertiary alicyclic amines) is 1. The highest BCUT2D eigenvalue weighted by Gasteiger charge is 2.46. The smallest absolute Gasteiger partial charge is 0.242 e. The Morgan fingerprint density at radius 1 is 1.04 bits per heavy atom. The number of carbonyl (C=O) groups excluding carboxylic acids is 1. The number of nitrogens with zero attached hydrogens (tertiary/aromatic N) is 2. The maximum atomic E-state index is 13.1. The predicted molar refractivity (Wildman–Crippen MR) is 104 cm³/mol. The van der Waals surface area contributed by atoms with Crippen molar-refractivity contribution in [3.8, 4) is 0 Å². The number of hydrogen-bond donors (Lipinski definition) is 0. The van der Waals surface area contributed by atoms with Crippen molar-refractivity contribution in [2.24, 2.45) is 0 Å². The molecule has 0 radical (unpaired) electrons. The molecule has 138 valence electrons. The molecule has 0 aromatic heterocycles. The van der Waals surface area contributed by atoms with Gasteiger partial charge in [-0.25, -0.2) is 0 Å². The number of likely N-dealkylation sites (N-methyl/N-ethyl adjacent to an activating group) is 1. The van der Waals surface area contributed by atoms with Gasteiger partial charge in [0.2, 0.25) is 5.91 Å². The molecule has 1 spiro atoms. The number of rotatable bonds is 2. The van der Waals surface area contributed by atoms with Crippen LogP contribution in [-0.2, 0) is 16.6 Å². The van der Waals surface area contributed by atoms with Crippen LogP contribution in [0.3, 0.4) is 0 Å². The van der Waals surface area contributed by atoms with E-state index in [1.54, 1.807) is 11.1 Å². The molecule has 1 aromatic carbocycles. The van der Waals surface area contributed by atoms with E-state index in [9.17, 15) is 4.79 Å². The molecule has 25 heavy (non-hydrogen) atoms. The zero-order chi connectivity index (χ0) is 18.5. The molecule has 1 aliphatic heterocycles. The van der Waals surface area contributed by atoms with Crippen molar-refractivity contribution in [1.82, 2.24) is 9.80 Å². The SMILES string of the molecule is CN(C(=O)C(C)(C)N1CCC2(CCc3ccccc32)CC1)C(C)(C)C. The summed E-state index contributed by atoms with van der Waals surface area (Å²) >= 11 is 0. The van der Waals surface area contributed by atoms with Crippen molar-refractivity contribution >= 4 is 5.91 Å². The fourth-order valence-electron chi connectivity index (χ4n) is 4.63. The van der Waals surface area contributed by atoms with Crippen LogP contribution in [0.5, 0.6) is 0 Å². The minimum Gasteiger partial charge on any atom is -0.339 e. The first-order valence-electron chi connectivity index (χ1n) is 9.70. The molecule has 1 saturated heterocycles. The van der Waals surface area contributed by atoms with Crippen LogP contribution in [0.1, 0.15) is 65.0 Å². The van der Waals surface area contributed by atoms with Crippen LogP contribution in [0.2, 0.25) is 0 Å². The monoisotopic (exact) mass is 342 g/mol. The summed E-state index contributed by atoms with van der Waals surface area (Å²) in [5.41, 5.74) is 2.88. The van der Waals surface area contributed by atoms with Crippen LogP contribution in [0, 0.1) is 0 Å². The lowest BCUT2D eigenvalue weighted by Gasteiger charge is -2.48. The summed E-state index contributed by atoms with van der Waals surface area (Å²) in [5.74, 6) is 0.225. The quantitative estimate of drug-likeness (QED) is 0.811. The van der Waals surface area contributed by atoms with Gasteiger partial charge in [-0.3, -0.25) is 9.69 Å². The summed E-state index contributed by atoms with van der Waals surface area (Å²) in [5, 5.41) is 0. The molecule has 2 aliphatic rings. The highest BCUT2D eigenvalue weighted by molar-refractivity contribution is 5.86. The molecular weight excluding hydrogens is 308 g/mol. The Balaban J connectivity index is 1.73. The standard InChI is InChI=1S/C22H34N2O/c1-20(2,3)23(6)19(25)21(4,5)24-15-13-22(14-16-24)12-11-17-9-7-8-10-18(17)22/h7-10H,11-16H2,1-6H3. The molecular formula is C22H34N2O.